The summed E-state index contributed by atoms with van der Waals surface area (Å²) in [5.41, 5.74) is 1.64. The third-order valence-corrected chi connectivity index (χ3v) is 2.42. The Kier molecular flexibility index (Phi) is 5.34. The van der Waals surface area contributed by atoms with Crippen LogP contribution in [0.15, 0.2) is 29.4 Å². The number of alkyl halides is 3. The van der Waals surface area contributed by atoms with E-state index in [2.05, 4.69) is 31.2 Å². The van der Waals surface area contributed by atoms with Gasteiger partial charge in [-0.1, -0.05) is 6.07 Å². The number of hydrogen-bond acceptors (Lipinski definition) is 4. The molecule has 0 aromatic heterocycles. The van der Waals surface area contributed by atoms with Gasteiger partial charge in [0.1, 0.15) is 0 Å². The number of benzene rings is 1. The van der Waals surface area contributed by atoms with Crippen molar-refractivity contribution in [2.24, 2.45) is 5.10 Å². The lowest BCUT2D eigenvalue weighted by molar-refractivity contribution is -0.137. The Bertz CT molecular complexity index is 489. The summed E-state index contributed by atoms with van der Waals surface area (Å²) >= 11 is 2.85. The Labute approximate surface area is 115 Å². The van der Waals surface area contributed by atoms with Crippen molar-refractivity contribution in [3.63, 3.8) is 0 Å². The number of nitrogens with zero attached hydrogens (tertiary/aromatic N) is 1. The first kappa shape index (κ1) is 15.5. The number of anilines is 1. The molecule has 1 aromatic rings. The van der Waals surface area contributed by atoms with Crippen LogP contribution in [0.1, 0.15) is 12.5 Å². The lowest BCUT2D eigenvalue weighted by Gasteiger charge is -2.08. The summed E-state index contributed by atoms with van der Waals surface area (Å²) in [5, 5.41) is 3.58. The van der Waals surface area contributed by atoms with E-state index in [1.807, 2.05) is 0 Å². The van der Waals surface area contributed by atoms with Crippen LogP contribution < -0.4 is 5.43 Å². The summed E-state index contributed by atoms with van der Waals surface area (Å²) in [6, 6.07) is 4.45. The van der Waals surface area contributed by atoms with Gasteiger partial charge in [-0.05, 0) is 41.1 Å². The van der Waals surface area contributed by atoms with Crippen LogP contribution in [0.2, 0.25) is 0 Å². The summed E-state index contributed by atoms with van der Waals surface area (Å²) in [6.45, 7) is 1.80. The molecule has 0 heterocycles. The quantitative estimate of drug-likeness (QED) is 0.520. The van der Waals surface area contributed by atoms with Crippen LogP contribution in [0, 0.1) is 0 Å². The first-order valence-electron chi connectivity index (χ1n) is 5.18. The molecule has 1 N–H and O–H groups in total. The molecule has 0 bridgehead atoms. The molecule has 0 amide bonds. The average molecular weight is 339 g/mol. The van der Waals surface area contributed by atoms with Gasteiger partial charge in [0.05, 0.1) is 17.9 Å². The van der Waals surface area contributed by atoms with Gasteiger partial charge in [0.25, 0.3) is 0 Å². The van der Waals surface area contributed by atoms with E-state index in [4.69, 9.17) is 0 Å². The van der Waals surface area contributed by atoms with Gasteiger partial charge in [0.2, 0.25) is 4.62 Å². The van der Waals surface area contributed by atoms with E-state index in [0.717, 1.165) is 12.1 Å². The minimum atomic E-state index is -4.43. The number of hydrogen-bond donors (Lipinski definition) is 1. The number of hydrazone groups is 1. The first-order valence-corrected chi connectivity index (χ1v) is 5.97. The highest BCUT2D eigenvalue weighted by Gasteiger charge is 2.30. The SMILES string of the molecule is CCOC(=O)/C(Br)=N\Nc1cccc(C(F)(F)F)c1. The van der Waals surface area contributed by atoms with E-state index >= 15 is 0 Å². The summed E-state index contributed by atoms with van der Waals surface area (Å²) in [6.07, 6.45) is -4.43. The summed E-state index contributed by atoms with van der Waals surface area (Å²) in [4.78, 5) is 11.2. The number of esters is 1. The van der Waals surface area contributed by atoms with Crippen molar-refractivity contribution >= 4 is 32.2 Å². The van der Waals surface area contributed by atoms with Crippen molar-refractivity contribution in [1.82, 2.24) is 0 Å². The molecule has 0 unspecified atom stereocenters. The normalized spacial score (nSPS) is 12.2. The lowest BCUT2D eigenvalue weighted by Crippen LogP contribution is -2.13. The molecule has 0 fully saturated rings. The molecule has 104 valence electrons. The number of carbonyl (C=O) groups excluding carboxylic acids is 1. The van der Waals surface area contributed by atoms with Crippen LogP contribution in [-0.2, 0) is 15.7 Å². The smallest absolute Gasteiger partial charge is 0.416 e. The van der Waals surface area contributed by atoms with E-state index in [1.54, 1.807) is 6.92 Å². The van der Waals surface area contributed by atoms with Crippen molar-refractivity contribution in [2.45, 2.75) is 13.1 Å². The summed E-state index contributed by atoms with van der Waals surface area (Å²) in [5.74, 6) is -0.707. The highest BCUT2D eigenvalue weighted by atomic mass is 79.9. The maximum atomic E-state index is 12.4. The van der Waals surface area contributed by atoms with Gasteiger partial charge in [0, 0.05) is 0 Å². The maximum Gasteiger partial charge on any atom is 0.416 e. The first-order chi connectivity index (χ1) is 8.84. The number of carbonyl (C=O) groups is 1. The summed E-state index contributed by atoms with van der Waals surface area (Å²) in [7, 11) is 0. The largest absolute Gasteiger partial charge is 0.461 e. The molecule has 0 saturated carbocycles. The Hall–Kier alpha value is -1.57. The van der Waals surface area contributed by atoms with Gasteiger partial charge in [-0.2, -0.15) is 18.3 Å². The number of halogens is 4. The van der Waals surface area contributed by atoms with Gasteiger partial charge in [-0.15, -0.1) is 0 Å². The predicted octanol–water partition coefficient (Wildman–Crippen LogP) is 3.39. The van der Waals surface area contributed by atoms with Crippen LogP contribution in [0.3, 0.4) is 0 Å². The molecule has 0 aliphatic carbocycles. The minimum Gasteiger partial charge on any atom is -0.461 e. The monoisotopic (exact) mass is 338 g/mol. The van der Waals surface area contributed by atoms with Crippen molar-refractivity contribution in [1.29, 1.82) is 0 Å². The fraction of sp³-hybridized carbons (Fsp3) is 0.273. The Morgan fingerprint density at radius 1 is 1.47 bits per heavy atom. The van der Waals surface area contributed by atoms with E-state index in [1.165, 1.54) is 12.1 Å². The highest BCUT2D eigenvalue weighted by Crippen LogP contribution is 2.30. The van der Waals surface area contributed by atoms with Gasteiger partial charge < -0.3 is 4.74 Å². The zero-order chi connectivity index (χ0) is 14.5. The predicted molar refractivity (Wildman–Crippen MR) is 68.1 cm³/mol. The fourth-order valence-corrected chi connectivity index (χ4v) is 1.32. The van der Waals surface area contributed by atoms with Crippen LogP contribution in [-0.4, -0.2) is 17.2 Å². The second-order valence-electron chi connectivity index (χ2n) is 3.31. The zero-order valence-electron chi connectivity index (χ0n) is 9.79. The second kappa shape index (κ2) is 6.55. The summed E-state index contributed by atoms with van der Waals surface area (Å²) < 4.78 is 41.8. The topological polar surface area (TPSA) is 50.7 Å². The lowest BCUT2D eigenvalue weighted by atomic mass is 10.2. The highest BCUT2D eigenvalue weighted by molar-refractivity contribution is 9.19. The molecule has 19 heavy (non-hydrogen) atoms. The van der Waals surface area contributed by atoms with E-state index in [0.29, 0.717) is 0 Å². The minimum absolute atomic E-state index is 0.107. The number of ether oxygens (including phenoxy) is 1. The van der Waals surface area contributed by atoms with Crippen LogP contribution in [0.5, 0.6) is 0 Å². The van der Waals surface area contributed by atoms with Crippen LogP contribution in [0.4, 0.5) is 18.9 Å². The zero-order valence-corrected chi connectivity index (χ0v) is 11.4. The molecular weight excluding hydrogens is 329 g/mol. The van der Waals surface area contributed by atoms with E-state index in [-0.39, 0.29) is 16.9 Å². The molecule has 8 heteroatoms. The molecule has 0 atom stereocenters. The van der Waals surface area contributed by atoms with Gasteiger partial charge in [0.15, 0.2) is 0 Å². The van der Waals surface area contributed by atoms with Gasteiger partial charge in [-0.25, -0.2) is 4.79 Å². The molecule has 4 nitrogen and oxygen atoms in total. The second-order valence-corrected chi connectivity index (χ2v) is 4.06. The van der Waals surface area contributed by atoms with Crippen molar-refractivity contribution in [3.05, 3.63) is 29.8 Å². The standard InChI is InChI=1S/C11H10BrF3N2O2/c1-2-19-10(18)9(12)17-16-8-5-3-4-7(6-8)11(13,14)15/h3-6,16H,2H2,1H3/b17-9+. The van der Waals surface area contributed by atoms with Crippen molar-refractivity contribution < 1.29 is 22.7 Å². The molecule has 0 aliphatic heterocycles. The Morgan fingerprint density at radius 2 is 2.16 bits per heavy atom. The van der Waals surface area contributed by atoms with Crippen molar-refractivity contribution in [3.8, 4) is 0 Å². The van der Waals surface area contributed by atoms with E-state index < -0.39 is 17.7 Å². The molecule has 0 radical (unpaired) electrons. The number of rotatable bonds is 4. The van der Waals surface area contributed by atoms with Crippen molar-refractivity contribution in [2.75, 3.05) is 12.0 Å². The fourth-order valence-electron chi connectivity index (χ4n) is 1.11. The van der Waals surface area contributed by atoms with Crippen LogP contribution in [0.25, 0.3) is 0 Å². The maximum absolute atomic E-state index is 12.4. The Balaban J connectivity index is 2.78. The molecule has 0 spiro atoms. The van der Waals surface area contributed by atoms with Crippen LogP contribution >= 0.6 is 15.9 Å². The van der Waals surface area contributed by atoms with Gasteiger partial charge >= 0.3 is 12.1 Å². The molecule has 1 rings (SSSR count). The third kappa shape index (κ3) is 4.90. The Morgan fingerprint density at radius 3 is 2.74 bits per heavy atom. The molecule has 1 aromatic carbocycles. The average Bonchev–Trinajstić information content (AvgIpc) is 2.35. The molecule has 0 aliphatic rings. The third-order valence-electron chi connectivity index (χ3n) is 1.92. The molecule has 0 saturated heterocycles. The van der Waals surface area contributed by atoms with Gasteiger partial charge in [-0.3, -0.25) is 5.43 Å². The van der Waals surface area contributed by atoms with E-state index in [9.17, 15) is 18.0 Å². The molecular formula is C11H10BrF3N2O2. The number of nitrogens with one attached hydrogen (secondary N) is 1.